The number of amides is 1. The zero-order valence-electron chi connectivity index (χ0n) is 12.7. The minimum Gasteiger partial charge on any atom is -0.397 e. The Morgan fingerprint density at radius 1 is 1.52 bits per heavy atom. The molecule has 0 radical (unpaired) electrons. The van der Waals surface area contributed by atoms with Crippen molar-refractivity contribution in [2.45, 2.75) is 26.2 Å². The van der Waals surface area contributed by atoms with Gasteiger partial charge in [0.1, 0.15) is 0 Å². The van der Waals surface area contributed by atoms with Crippen LogP contribution in [-0.4, -0.2) is 30.9 Å². The Kier molecular flexibility index (Phi) is 5.48. The standard InChI is InChI=1S/C16H24ClN3O/c1-11-8-12(11)10-20(2)7-3-4-16(21)19-13-5-6-14(17)15(18)9-13/h5-6,9,11-12H,3-4,7-8,10,18H2,1-2H3,(H,19,21). The molecule has 0 spiro atoms. The maximum Gasteiger partial charge on any atom is 0.224 e. The molecule has 2 unspecified atom stereocenters. The van der Waals surface area contributed by atoms with Crippen LogP contribution < -0.4 is 11.1 Å². The second-order valence-corrected chi connectivity index (χ2v) is 6.53. The maximum atomic E-state index is 11.9. The van der Waals surface area contributed by atoms with E-state index in [1.165, 1.54) is 6.42 Å². The van der Waals surface area contributed by atoms with E-state index >= 15 is 0 Å². The van der Waals surface area contributed by atoms with Gasteiger partial charge < -0.3 is 16.0 Å². The molecule has 21 heavy (non-hydrogen) atoms. The second-order valence-electron chi connectivity index (χ2n) is 6.12. The second kappa shape index (κ2) is 7.14. The average Bonchev–Trinajstić information content (AvgIpc) is 3.09. The van der Waals surface area contributed by atoms with Gasteiger partial charge >= 0.3 is 0 Å². The van der Waals surface area contributed by atoms with Crippen molar-refractivity contribution in [3.8, 4) is 0 Å². The molecule has 0 heterocycles. The third-order valence-corrected chi connectivity index (χ3v) is 4.39. The first kappa shape index (κ1) is 16.1. The molecule has 1 amide bonds. The SMILES string of the molecule is CC1CC1CN(C)CCCC(=O)Nc1ccc(Cl)c(N)c1. The minimum atomic E-state index is 0.0184. The van der Waals surface area contributed by atoms with Gasteiger partial charge in [0.25, 0.3) is 0 Å². The van der Waals surface area contributed by atoms with Crippen LogP contribution in [0.4, 0.5) is 11.4 Å². The van der Waals surface area contributed by atoms with E-state index in [1.54, 1.807) is 18.2 Å². The van der Waals surface area contributed by atoms with Crippen molar-refractivity contribution in [2.24, 2.45) is 11.8 Å². The first-order valence-corrected chi connectivity index (χ1v) is 7.87. The highest BCUT2D eigenvalue weighted by molar-refractivity contribution is 6.33. The minimum absolute atomic E-state index is 0.0184. The summed E-state index contributed by atoms with van der Waals surface area (Å²) in [5.74, 6) is 1.76. The van der Waals surface area contributed by atoms with E-state index in [0.717, 1.165) is 31.3 Å². The van der Waals surface area contributed by atoms with Gasteiger partial charge in [0, 0.05) is 18.7 Å². The molecule has 1 aliphatic carbocycles. The molecule has 1 aliphatic rings. The fraction of sp³-hybridized carbons (Fsp3) is 0.562. The van der Waals surface area contributed by atoms with Crippen molar-refractivity contribution in [1.82, 2.24) is 4.90 Å². The van der Waals surface area contributed by atoms with E-state index in [4.69, 9.17) is 17.3 Å². The number of carbonyl (C=O) groups excluding carboxylic acids is 1. The zero-order valence-corrected chi connectivity index (χ0v) is 13.5. The van der Waals surface area contributed by atoms with E-state index in [9.17, 15) is 4.79 Å². The molecule has 0 aromatic heterocycles. The lowest BCUT2D eigenvalue weighted by Crippen LogP contribution is -2.24. The number of nitrogens with two attached hydrogens (primary N) is 1. The fourth-order valence-corrected chi connectivity index (χ4v) is 2.62. The summed E-state index contributed by atoms with van der Waals surface area (Å²) in [6, 6.07) is 5.13. The van der Waals surface area contributed by atoms with Gasteiger partial charge in [-0.2, -0.15) is 0 Å². The Labute approximate surface area is 131 Å². The van der Waals surface area contributed by atoms with Gasteiger partial charge in [-0.1, -0.05) is 18.5 Å². The van der Waals surface area contributed by atoms with Crippen LogP contribution in [0, 0.1) is 11.8 Å². The molecule has 2 rings (SSSR count). The number of halogens is 1. The lowest BCUT2D eigenvalue weighted by molar-refractivity contribution is -0.116. The highest BCUT2D eigenvalue weighted by Crippen LogP contribution is 2.37. The maximum absolute atomic E-state index is 11.9. The number of hydrogen-bond acceptors (Lipinski definition) is 3. The molecule has 116 valence electrons. The molecule has 1 saturated carbocycles. The third-order valence-electron chi connectivity index (χ3n) is 4.05. The van der Waals surface area contributed by atoms with Gasteiger partial charge in [0.15, 0.2) is 0 Å². The summed E-state index contributed by atoms with van der Waals surface area (Å²) in [4.78, 5) is 14.2. The highest BCUT2D eigenvalue weighted by Gasteiger charge is 2.32. The molecule has 1 fully saturated rings. The topological polar surface area (TPSA) is 58.4 Å². The van der Waals surface area contributed by atoms with Crippen LogP contribution in [0.25, 0.3) is 0 Å². The van der Waals surface area contributed by atoms with Gasteiger partial charge in [-0.3, -0.25) is 4.79 Å². The number of anilines is 2. The third kappa shape index (κ3) is 5.21. The van der Waals surface area contributed by atoms with Gasteiger partial charge in [-0.15, -0.1) is 0 Å². The van der Waals surface area contributed by atoms with E-state index in [-0.39, 0.29) is 5.91 Å². The molecule has 1 aromatic carbocycles. The van der Waals surface area contributed by atoms with Crippen LogP contribution in [0.15, 0.2) is 18.2 Å². The van der Waals surface area contributed by atoms with Crippen LogP contribution >= 0.6 is 11.6 Å². The molecule has 4 nitrogen and oxygen atoms in total. The molecule has 0 saturated heterocycles. The summed E-state index contributed by atoms with van der Waals surface area (Å²) >= 11 is 5.85. The molecule has 2 atom stereocenters. The Bertz CT molecular complexity index is 506. The first-order chi connectivity index (χ1) is 9.95. The lowest BCUT2D eigenvalue weighted by atomic mass is 10.2. The van der Waals surface area contributed by atoms with Crippen LogP contribution in [0.1, 0.15) is 26.2 Å². The van der Waals surface area contributed by atoms with Crippen molar-refractivity contribution >= 4 is 28.9 Å². The van der Waals surface area contributed by atoms with E-state index in [0.29, 0.717) is 22.8 Å². The monoisotopic (exact) mass is 309 g/mol. The van der Waals surface area contributed by atoms with Crippen LogP contribution in [0.3, 0.4) is 0 Å². The van der Waals surface area contributed by atoms with E-state index in [1.807, 2.05) is 0 Å². The first-order valence-electron chi connectivity index (χ1n) is 7.49. The van der Waals surface area contributed by atoms with Crippen LogP contribution in [-0.2, 0) is 4.79 Å². The largest absolute Gasteiger partial charge is 0.397 e. The van der Waals surface area contributed by atoms with Crippen molar-refractivity contribution in [3.63, 3.8) is 0 Å². The molecular formula is C16H24ClN3O. The number of rotatable bonds is 7. The molecular weight excluding hydrogens is 286 g/mol. The van der Waals surface area contributed by atoms with Crippen molar-refractivity contribution < 1.29 is 4.79 Å². The van der Waals surface area contributed by atoms with E-state index in [2.05, 4.69) is 24.2 Å². The smallest absolute Gasteiger partial charge is 0.224 e. The van der Waals surface area contributed by atoms with Gasteiger partial charge in [-0.25, -0.2) is 0 Å². The molecule has 0 aliphatic heterocycles. The number of nitrogens with one attached hydrogen (secondary N) is 1. The molecule has 5 heteroatoms. The Hall–Kier alpha value is -1.26. The van der Waals surface area contributed by atoms with Crippen molar-refractivity contribution in [1.29, 1.82) is 0 Å². The Balaban J connectivity index is 1.66. The number of benzene rings is 1. The summed E-state index contributed by atoms with van der Waals surface area (Å²) in [5, 5.41) is 3.35. The van der Waals surface area contributed by atoms with E-state index < -0.39 is 0 Å². The van der Waals surface area contributed by atoms with Crippen molar-refractivity contribution in [2.75, 3.05) is 31.2 Å². The van der Waals surface area contributed by atoms with Crippen LogP contribution in [0.2, 0.25) is 5.02 Å². The lowest BCUT2D eigenvalue weighted by Gasteiger charge is -2.16. The van der Waals surface area contributed by atoms with Gasteiger partial charge in [0.2, 0.25) is 5.91 Å². The predicted octanol–water partition coefficient (Wildman–Crippen LogP) is 3.23. The predicted molar refractivity (Wildman–Crippen MR) is 88.5 cm³/mol. The average molecular weight is 310 g/mol. The summed E-state index contributed by atoms with van der Waals surface area (Å²) in [7, 11) is 2.13. The number of nitrogen functional groups attached to an aromatic ring is 1. The summed E-state index contributed by atoms with van der Waals surface area (Å²) < 4.78 is 0. The van der Waals surface area contributed by atoms with Crippen molar-refractivity contribution in [3.05, 3.63) is 23.2 Å². The quantitative estimate of drug-likeness (QED) is 0.760. The normalized spacial score (nSPS) is 20.6. The molecule has 3 N–H and O–H groups in total. The summed E-state index contributed by atoms with van der Waals surface area (Å²) in [6.07, 6.45) is 2.74. The molecule has 0 bridgehead atoms. The molecule has 1 aromatic rings. The number of nitrogens with zero attached hydrogens (tertiary/aromatic N) is 1. The number of hydrogen-bond donors (Lipinski definition) is 2. The fourth-order valence-electron chi connectivity index (χ4n) is 2.50. The number of carbonyl (C=O) groups is 1. The summed E-state index contributed by atoms with van der Waals surface area (Å²) in [5.41, 5.74) is 6.89. The Morgan fingerprint density at radius 2 is 2.24 bits per heavy atom. The summed E-state index contributed by atoms with van der Waals surface area (Å²) in [6.45, 7) is 4.40. The van der Waals surface area contributed by atoms with Gasteiger partial charge in [-0.05, 0) is 56.5 Å². The zero-order chi connectivity index (χ0) is 15.4. The van der Waals surface area contributed by atoms with Gasteiger partial charge in [0.05, 0.1) is 10.7 Å². The Morgan fingerprint density at radius 3 is 2.86 bits per heavy atom. The highest BCUT2D eigenvalue weighted by atomic mass is 35.5. The van der Waals surface area contributed by atoms with Crippen LogP contribution in [0.5, 0.6) is 0 Å².